The molecule has 2 N–H and O–H groups in total. The normalized spacial score (nSPS) is 18.6. The Labute approximate surface area is 120 Å². The summed E-state index contributed by atoms with van der Waals surface area (Å²) in [6, 6.07) is 3.67. The average Bonchev–Trinajstić information content (AvgIpc) is 2.47. The zero-order chi connectivity index (χ0) is 14.8. The van der Waals surface area contributed by atoms with Gasteiger partial charge in [0.15, 0.2) is 0 Å². The molecule has 1 saturated heterocycles. The van der Waals surface area contributed by atoms with Crippen LogP contribution in [0.15, 0.2) is 23.2 Å². The van der Waals surface area contributed by atoms with Gasteiger partial charge in [-0.1, -0.05) is 0 Å². The molecule has 20 heavy (non-hydrogen) atoms. The number of sulfonamides is 1. The van der Waals surface area contributed by atoms with Gasteiger partial charge in [0.25, 0.3) is 0 Å². The Morgan fingerprint density at radius 3 is 2.60 bits per heavy atom. The molecule has 0 atom stereocenters. The third-order valence-corrected chi connectivity index (χ3v) is 5.79. The van der Waals surface area contributed by atoms with Crippen LogP contribution in [0.3, 0.4) is 0 Å². The largest absolute Gasteiger partial charge is 0.325 e. The van der Waals surface area contributed by atoms with Gasteiger partial charge in [-0.25, -0.2) is 8.42 Å². The van der Waals surface area contributed by atoms with Gasteiger partial charge in [-0.15, -0.1) is 0 Å². The van der Waals surface area contributed by atoms with Crippen molar-refractivity contribution in [1.29, 1.82) is 0 Å². The molecule has 0 saturated carbocycles. The van der Waals surface area contributed by atoms with Crippen LogP contribution in [0, 0.1) is 0 Å². The van der Waals surface area contributed by atoms with Crippen molar-refractivity contribution < 1.29 is 8.42 Å². The summed E-state index contributed by atoms with van der Waals surface area (Å²) in [5.41, 5.74) is 6.02. The van der Waals surface area contributed by atoms with Gasteiger partial charge in [0.2, 0.25) is 10.0 Å². The van der Waals surface area contributed by atoms with Gasteiger partial charge in [-0.2, -0.15) is 4.31 Å². The monoisotopic (exact) mass is 298 g/mol. The zero-order valence-electron chi connectivity index (χ0n) is 12.0. The fourth-order valence-corrected chi connectivity index (χ4v) is 4.20. The van der Waals surface area contributed by atoms with Crippen molar-refractivity contribution in [3.05, 3.63) is 24.0 Å². The summed E-state index contributed by atoms with van der Waals surface area (Å²) in [6.07, 6.45) is 3.27. The van der Waals surface area contributed by atoms with Crippen LogP contribution in [-0.2, 0) is 16.6 Å². The van der Waals surface area contributed by atoms with E-state index in [0.29, 0.717) is 24.8 Å². The second-order valence-corrected chi connectivity index (χ2v) is 7.16. The number of nitrogens with two attached hydrogens (primary N) is 1. The van der Waals surface area contributed by atoms with Crippen molar-refractivity contribution in [3.63, 3.8) is 0 Å². The van der Waals surface area contributed by atoms with Crippen molar-refractivity contribution in [3.8, 4) is 0 Å². The van der Waals surface area contributed by atoms with Gasteiger partial charge in [0.05, 0.1) is 5.69 Å². The van der Waals surface area contributed by atoms with E-state index in [0.717, 1.165) is 12.8 Å². The second kappa shape index (κ2) is 6.17. The van der Waals surface area contributed by atoms with Crippen LogP contribution >= 0.6 is 0 Å². The standard InChI is InChI=1S/C13H22N4O2S/c1-16(2)11-5-8-17(9-6-11)20(18,19)13-4-3-7-15-12(13)10-14/h3-4,7,11H,5-6,8-10,14H2,1-2H3. The number of piperidine rings is 1. The topological polar surface area (TPSA) is 79.5 Å². The Morgan fingerprint density at radius 1 is 1.40 bits per heavy atom. The third kappa shape index (κ3) is 3.01. The molecular formula is C13H22N4O2S. The number of nitrogens with zero attached hydrogens (tertiary/aromatic N) is 3. The number of hydrogen-bond acceptors (Lipinski definition) is 5. The van der Waals surface area contributed by atoms with Crippen LogP contribution in [0.4, 0.5) is 0 Å². The van der Waals surface area contributed by atoms with E-state index >= 15 is 0 Å². The van der Waals surface area contributed by atoms with E-state index in [9.17, 15) is 8.42 Å². The first-order valence-electron chi connectivity index (χ1n) is 6.77. The first-order chi connectivity index (χ1) is 9.46. The quantitative estimate of drug-likeness (QED) is 0.862. The average molecular weight is 298 g/mol. The summed E-state index contributed by atoms with van der Waals surface area (Å²) in [5.74, 6) is 0. The lowest BCUT2D eigenvalue weighted by Gasteiger charge is -2.34. The molecular weight excluding hydrogens is 276 g/mol. The Morgan fingerprint density at radius 2 is 2.05 bits per heavy atom. The molecule has 0 radical (unpaired) electrons. The van der Waals surface area contributed by atoms with Gasteiger partial charge in [0.1, 0.15) is 4.90 Å². The van der Waals surface area contributed by atoms with Crippen molar-refractivity contribution in [2.45, 2.75) is 30.3 Å². The molecule has 2 heterocycles. The highest BCUT2D eigenvalue weighted by Gasteiger charge is 2.31. The van der Waals surface area contributed by atoms with Crippen molar-refractivity contribution in [1.82, 2.24) is 14.2 Å². The van der Waals surface area contributed by atoms with Crippen molar-refractivity contribution >= 4 is 10.0 Å². The van der Waals surface area contributed by atoms with Crippen LogP contribution in [0.5, 0.6) is 0 Å². The SMILES string of the molecule is CN(C)C1CCN(S(=O)(=O)c2cccnc2CN)CC1. The predicted molar refractivity (Wildman–Crippen MR) is 77.6 cm³/mol. The van der Waals surface area contributed by atoms with E-state index in [1.54, 1.807) is 22.6 Å². The molecule has 0 unspecified atom stereocenters. The molecule has 1 aromatic heterocycles. The fourth-order valence-electron chi connectivity index (χ4n) is 2.55. The van der Waals surface area contributed by atoms with E-state index in [-0.39, 0.29) is 11.4 Å². The van der Waals surface area contributed by atoms with Gasteiger partial charge in [0, 0.05) is 31.9 Å². The number of rotatable bonds is 4. The van der Waals surface area contributed by atoms with Gasteiger partial charge >= 0.3 is 0 Å². The van der Waals surface area contributed by atoms with Crippen LogP contribution < -0.4 is 5.73 Å². The maximum absolute atomic E-state index is 12.7. The fraction of sp³-hybridized carbons (Fsp3) is 0.615. The Balaban J connectivity index is 2.20. The first kappa shape index (κ1) is 15.4. The molecule has 0 amide bonds. The number of aromatic nitrogens is 1. The molecule has 2 rings (SSSR count). The van der Waals surface area contributed by atoms with Crippen molar-refractivity contribution in [2.75, 3.05) is 27.2 Å². The highest BCUT2D eigenvalue weighted by atomic mass is 32.2. The second-order valence-electron chi connectivity index (χ2n) is 5.25. The maximum Gasteiger partial charge on any atom is 0.244 e. The van der Waals surface area contributed by atoms with Gasteiger partial charge in [-0.05, 0) is 39.1 Å². The lowest BCUT2D eigenvalue weighted by molar-refractivity contribution is 0.196. The molecule has 6 nitrogen and oxygen atoms in total. The lowest BCUT2D eigenvalue weighted by atomic mass is 10.1. The maximum atomic E-state index is 12.7. The summed E-state index contributed by atoms with van der Waals surface area (Å²) in [7, 11) is 0.579. The zero-order valence-corrected chi connectivity index (χ0v) is 12.8. The van der Waals surface area contributed by atoms with Crippen molar-refractivity contribution in [2.24, 2.45) is 5.73 Å². The van der Waals surface area contributed by atoms with Gasteiger partial charge < -0.3 is 10.6 Å². The van der Waals surface area contributed by atoms with E-state index < -0.39 is 10.0 Å². The van der Waals surface area contributed by atoms with Crippen LogP contribution in [-0.4, -0.2) is 55.8 Å². The summed E-state index contributed by atoms with van der Waals surface area (Å²) in [5, 5.41) is 0. The molecule has 112 valence electrons. The minimum Gasteiger partial charge on any atom is -0.325 e. The molecule has 1 aliphatic rings. The number of hydrogen-bond donors (Lipinski definition) is 1. The Bertz CT molecular complexity index is 551. The Hall–Kier alpha value is -1.02. The molecule has 7 heteroatoms. The molecule has 0 aromatic carbocycles. The molecule has 0 bridgehead atoms. The highest BCUT2D eigenvalue weighted by molar-refractivity contribution is 7.89. The molecule has 1 aromatic rings. The van der Waals surface area contributed by atoms with Crippen LogP contribution in [0.1, 0.15) is 18.5 Å². The lowest BCUT2D eigenvalue weighted by Crippen LogP contribution is -2.44. The third-order valence-electron chi connectivity index (χ3n) is 3.81. The summed E-state index contributed by atoms with van der Waals surface area (Å²) in [6.45, 7) is 1.22. The van der Waals surface area contributed by atoms with Gasteiger partial charge in [-0.3, -0.25) is 4.98 Å². The molecule has 1 fully saturated rings. The Kier molecular flexibility index (Phi) is 4.74. The summed E-state index contributed by atoms with van der Waals surface area (Å²) < 4.78 is 26.9. The predicted octanol–water partition coefficient (Wildman–Crippen LogP) is 0.255. The molecule has 1 aliphatic heterocycles. The molecule has 0 spiro atoms. The molecule has 0 aliphatic carbocycles. The minimum atomic E-state index is -3.48. The van der Waals surface area contributed by atoms with Crippen LogP contribution in [0.2, 0.25) is 0 Å². The summed E-state index contributed by atoms with van der Waals surface area (Å²) in [4.78, 5) is 6.46. The van der Waals surface area contributed by atoms with E-state index in [1.165, 1.54) is 0 Å². The minimum absolute atomic E-state index is 0.129. The highest BCUT2D eigenvalue weighted by Crippen LogP contribution is 2.23. The van der Waals surface area contributed by atoms with Crippen LogP contribution in [0.25, 0.3) is 0 Å². The first-order valence-corrected chi connectivity index (χ1v) is 8.21. The van der Waals surface area contributed by atoms with E-state index in [4.69, 9.17) is 5.73 Å². The van der Waals surface area contributed by atoms with E-state index in [2.05, 4.69) is 9.88 Å². The summed E-state index contributed by atoms with van der Waals surface area (Å²) >= 11 is 0. The smallest absolute Gasteiger partial charge is 0.244 e. The number of pyridine rings is 1. The van der Waals surface area contributed by atoms with E-state index in [1.807, 2.05) is 14.1 Å².